The van der Waals surface area contributed by atoms with Crippen molar-refractivity contribution in [1.29, 1.82) is 0 Å². The van der Waals surface area contributed by atoms with Gasteiger partial charge in [-0.05, 0) is 24.3 Å². The summed E-state index contributed by atoms with van der Waals surface area (Å²) in [4.78, 5) is 8.33. The SMILES string of the molecule is CN(C)C(=NCCOc1ccc(NS(C)(=O)=O)cc1)N(C)C.I. The first kappa shape index (κ1) is 21.8. The van der Waals surface area contributed by atoms with Crippen molar-refractivity contribution in [3.05, 3.63) is 24.3 Å². The van der Waals surface area contributed by atoms with Crippen molar-refractivity contribution in [1.82, 2.24) is 9.80 Å². The van der Waals surface area contributed by atoms with E-state index in [1.165, 1.54) is 0 Å². The fraction of sp³-hybridized carbons (Fsp3) is 0.500. The molecule has 1 rings (SSSR count). The van der Waals surface area contributed by atoms with Crippen LogP contribution in [-0.4, -0.2) is 71.8 Å². The number of hydrogen-bond acceptors (Lipinski definition) is 4. The largest absolute Gasteiger partial charge is 0.492 e. The predicted molar refractivity (Wildman–Crippen MR) is 105 cm³/mol. The lowest BCUT2D eigenvalue weighted by atomic mass is 10.3. The normalized spacial score (nSPS) is 10.3. The summed E-state index contributed by atoms with van der Waals surface area (Å²) in [5, 5.41) is 0. The summed E-state index contributed by atoms with van der Waals surface area (Å²) < 4.78 is 30.2. The number of ether oxygens (including phenoxy) is 1. The van der Waals surface area contributed by atoms with E-state index in [1.807, 2.05) is 38.0 Å². The smallest absolute Gasteiger partial charge is 0.229 e. The molecule has 7 nitrogen and oxygen atoms in total. The molecule has 1 aromatic carbocycles. The summed E-state index contributed by atoms with van der Waals surface area (Å²) in [6, 6.07) is 6.75. The predicted octanol–water partition coefficient (Wildman–Crippen LogP) is 1.53. The Bertz CT molecular complexity index is 591. The highest BCUT2D eigenvalue weighted by Gasteiger charge is 2.04. The zero-order valence-electron chi connectivity index (χ0n) is 14.1. The molecule has 23 heavy (non-hydrogen) atoms. The number of nitrogens with zero attached hydrogens (tertiary/aromatic N) is 3. The average Bonchev–Trinajstić information content (AvgIpc) is 2.37. The van der Waals surface area contributed by atoms with Crippen LogP contribution in [0.3, 0.4) is 0 Å². The van der Waals surface area contributed by atoms with Gasteiger partial charge in [0.2, 0.25) is 10.0 Å². The van der Waals surface area contributed by atoms with E-state index >= 15 is 0 Å². The quantitative estimate of drug-likeness (QED) is 0.304. The van der Waals surface area contributed by atoms with Gasteiger partial charge in [-0.1, -0.05) is 0 Å². The topological polar surface area (TPSA) is 74.2 Å². The lowest BCUT2D eigenvalue weighted by Gasteiger charge is -2.22. The Labute approximate surface area is 155 Å². The molecule has 0 saturated carbocycles. The van der Waals surface area contributed by atoms with Crippen LogP contribution in [0.2, 0.25) is 0 Å². The van der Waals surface area contributed by atoms with Gasteiger partial charge in [0, 0.05) is 33.9 Å². The molecule has 0 saturated heterocycles. The minimum absolute atomic E-state index is 0. The molecule has 0 spiro atoms. The zero-order chi connectivity index (χ0) is 16.8. The van der Waals surface area contributed by atoms with E-state index in [4.69, 9.17) is 4.74 Å². The molecule has 0 aliphatic heterocycles. The van der Waals surface area contributed by atoms with Gasteiger partial charge in [0.1, 0.15) is 12.4 Å². The second-order valence-electron chi connectivity index (χ2n) is 5.22. The Kier molecular flexibility index (Phi) is 9.28. The lowest BCUT2D eigenvalue weighted by molar-refractivity contribution is 0.326. The molecular formula is C14H25IN4O3S. The number of halogens is 1. The molecular weight excluding hydrogens is 431 g/mol. The van der Waals surface area contributed by atoms with Crippen LogP contribution in [0.25, 0.3) is 0 Å². The number of guanidine groups is 1. The maximum absolute atomic E-state index is 11.1. The Balaban J connectivity index is 0.00000484. The van der Waals surface area contributed by atoms with Gasteiger partial charge < -0.3 is 14.5 Å². The highest BCUT2D eigenvalue weighted by atomic mass is 127. The van der Waals surface area contributed by atoms with E-state index in [2.05, 4.69) is 9.71 Å². The molecule has 132 valence electrons. The molecule has 0 heterocycles. The maximum Gasteiger partial charge on any atom is 0.229 e. The summed E-state index contributed by atoms with van der Waals surface area (Å²) in [5.74, 6) is 1.54. The molecule has 9 heteroatoms. The van der Waals surface area contributed by atoms with Crippen molar-refractivity contribution in [2.24, 2.45) is 4.99 Å². The highest BCUT2D eigenvalue weighted by molar-refractivity contribution is 14.0. The van der Waals surface area contributed by atoms with Gasteiger partial charge in [-0.2, -0.15) is 0 Å². The van der Waals surface area contributed by atoms with Crippen LogP contribution in [0.1, 0.15) is 0 Å². The third-order valence-corrected chi connectivity index (χ3v) is 3.18. The molecule has 1 N–H and O–H groups in total. The first-order valence-corrected chi connectivity index (χ1v) is 8.68. The molecule has 0 atom stereocenters. The van der Waals surface area contributed by atoms with Crippen molar-refractivity contribution in [3.8, 4) is 5.75 Å². The summed E-state index contributed by atoms with van der Waals surface area (Å²) in [7, 11) is 4.50. The summed E-state index contributed by atoms with van der Waals surface area (Å²) in [5.41, 5.74) is 0.510. The molecule has 0 aliphatic carbocycles. The van der Waals surface area contributed by atoms with E-state index < -0.39 is 10.0 Å². The van der Waals surface area contributed by atoms with E-state index in [0.717, 1.165) is 12.2 Å². The summed E-state index contributed by atoms with van der Waals surface area (Å²) in [6.45, 7) is 0.985. The van der Waals surface area contributed by atoms with E-state index in [0.29, 0.717) is 24.6 Å². The fourth-order valence-electron chi connectivity index (χ4n) is 1.83. The number of sulfonamides is 1. The number of aliphatic imine (C=N–C) groups is 1. The van der Waals surface area contributed by atoms with Gasteiger partial charge >= 0.3 is 0 Å². The second-order valence-corrected chi connectivity index (χ2v) is 6.97. The van der Waals surface area contributed by atoms with E-state index in [9.17, 15) is 8.42 Å². The minimum Gasteiger partial charge on any atom is -0.492 e. The molecule has 0 radical (unpaired) electrons. The molecule has 0 bridgehead atoms. The standard InChI is InChI=1S/C14H24N4O3S.HI/c1-17(2)14(18(3)4)15-10-11-21-13-8-6-12(7-9-13)16-22(5,19)20;/h6-9,16H,10-11H2,1-5H3;1H. The van der Waals surface area contributed by atoms with Crippen LogP contribution in [0.4, 0.5) is 5.69 Å². The summed E-state index contributed by atoms with van der Waals surface area (Å²) in [6.07, 6.45) is 1.11. The molecule has 1 aromatic rings. The Morgan fingerprint density at radius 1 is 1.13 bits per heavy atom. The van der Waals surface area contributed by atoms with Crippen LogP contribution in [0, 0.1) is 0 Å². The van der Waals surface area contributed by atoms with E-state index in [1.54, 1.807) is 24.3 Å². The van der Waals surface area contributed by atoms with Crippen LogP contribution in [0.5, 0.6) is 5.75 Å². The van der Waals surface area contributed by atoms with Crippen LogP contribution in [-0.2, 0) is 10.0 Å². The third-order valence-electron chi connectivity index (χ3n) is 2.57. The Morgan fingerprint density at radius 2 is 1.65 bits per heavy atom. The monoisotopic (exact) mass is 456 g/mol. The molecule has 0 fully saturated rings. The number of hydrogen-bond donors (Lipinski definition) is 1. The fourth-order valence-corrected chi connectivity index (χ4v) is 2.39. The zero-order valence-corrected chi connectivity index (χ0v) is 17.3. The van der Waals surface area contributed by atoms with Gasteiger partial charge in [-0.25, -0.2) is 13.4 Å². The van der Waals surface area contributed by atoms with Crippen LogP contribution >= 0.6 is 24.0 Å². The lowest BCUT2D eigenvalue weighted by Crippen LogP contribution is -2.35. The van der Waals surface area contributed by atoms with Gasteiger partial charge in [-0.3, -0.25) is 4.72 Å². The Morgan fingerprint density at radius 3 is 2.09 bits per heavy atom. The van der Waals surface area contributed by atoms with Gasteiger partial charge in [-0.15, -0.1) is 24.0 Å². The first-order chi connectivity index (χ1) is 10.2. The highest BCUT2D eigenvalue weighted by Crippen LogP contribution is 2.16. The van der Waals surface area contributed by atoms with Gasteiger partial charge in [0.05, 0.1) is 12.8 Å². The van der Waals surface area contributed by atoms with E-state index in [-0.39, 0.29) is 24.0 Å². The molecule has 0 unspecified atom stereocenters. The van der Waals surface area contributed by atoms with Crippen molar-refractivity contribution < 1.29 is 13.2 Å². The average molecular weight is 456 g/mol. The van der Waals surface area contributed by atoms with Crippen molar-refractivity contribution in [3.63, 3.8) is 0 Å². The second kappa shape index (κ2) is 9.81. The number of benzene rings is 1. The van der Waals surface area contributed by atoms with Crippen molar-refractivity contribution >= 4 is 45.6 Å². The maximum atomic E-state index is 11.1. The van der Waals surface area contributed by atoms with Crippen molar-refractivity contribution in [2.45, 2.75) is 0 Å². The number of anilines is 1. The molecule has 0 aromatic heterocycles. The molecule has 0 amide bonds. The van der Waals surface area contributed by atoms with Crippen LogP contribution < -0.4 is 9.46 Å². The summed E-state index contributed by atoms with van der Waals surface area (Å²) >= 11 is 0. The van der Waals surface area contributed by atoms with Gasteiger partial charge in [0.15, 0.2) is 5.96 Å². The van der Waals surface area contributed by atoms with Crippen molar-refractivity contribution in [2.75, 3.05) is 52.3 Å². The first-order valence-electron chi connectivity index (χ1n) is 6.79. The minimum atomic E-state index is -3.25. The van der Waals surface area contributed by atoms with Crippen LogP contribution in [0.15, 0.2) is 29.3 Å². The number of nitrogens with one attached hydrogen (secondary N) is 1. The van der Waals surface area contributed by atoms with Gasteiger partial charge in [0.25, 0.3) is 0 Å². The number of rotatable bonds is 6. The Hall–Kier alpha value is -1.23. The third kappa shape index (κ3) is 8.84. The molecule has 0 aliphatic rings.